The first kappa shape index (κ1) is 11.7. The van der Waals surface area contributed by atoms with Crippen molar-refractivity contribution in [2.24, 2.45) is 5.92 Å². The zero-order valence-corrected chi connectivity index (χ0v) is 9.64. The van der Waals surface area contributed by atoms with E-state index in [1.807, 2.05) is 6.92 Å². The molecule has 14 heavy (non-hydrogen) atoms. The third kappa shape index (κ3) is 2.80. The number of hydrogen-bond donors (Lipinski definition) is 0. The van der Waals surface area contributed by atoms with E-state index in [1.165, 1.54) is 6.26 Å². The number of carbonyl (C=O) groups is 1. The monoisotopic (exact) mass is 218 g/mol. The van der Waals surface area contributed by atoms with Crippen LogP contribution in [0.15, 0.2) is 0 Å². The van der Waals surface area contributed by atoms with Crippen molar-refractivity contribution in [3.8, 4) is 0 Å². The van der Waals surface area contributed by atoms with Gasteiger partial charge in [-0.15, -0.1) is 0 Å². The second kappa shape index (κ2) is 4.43. The van der Waals surface area contributed by atoms with Crippen LogP contribution in [-0.4, -0.2) is 25.7 Å². The van der Waals surface area contributed by atoms with Crippen LogP contribution < -0.4 is 0 Å². The van der Waals surface area contributed by atoms with E-state index in [-0.39, 0.29) is 17.0 Å². The van der Waals surface area contributed by atoms with Crippen LogP contribution in [0.5, 0.6) is 0 Å². The Morgan fingerprint density at radius 3 is 2.07 bits per heavy atom. The minimum absolute atomic E-state index is 0.123. The van der Waals surface area contributed by atoms with Gasteiger partial charge in [-0.1, -0.05) is 6.92 Å². The van der Waals surface area contributed by atoms with Gasteiger partial charge in [-0.05, 0) is 25.7 Å². The van der Waals surface area contributed by atoms with E-state index in [0.29, 0.717) is 19.3 Å². The lowest BCUT2D eigenvalue weighted by Crippen LogP contribution is -2.29. The summed E-state index contributed by atoms with van der Waals surface area (Å²) in [6, 6.07) is 0. The first-order valence-corrected chi connectivity index (χ1v) is 7.12. The van der Waals surface area contributed by atoms with Gasteiger partial charge in [0.1, 0.15) is 15.6 Å². The van der Waals surface area contributed by atoms with Gasteiger partial charge in [0.2, 0.25) is 0 Å². The smallest absolute Gasteiger partial charge is 0.150 e. The molecule has 0 unspecified atom stereocenters. The highest BCUT2D eigenvalue weighted by molar-refractivity contribution is 7.91. The molecule has 1 aliphatic carbocycles. The maximum Gasteiger partial charge on any atom is 0.150 e. The summed E-state index contributed by atoms with van der Waals surface area (Å²) in [5.41, 5.74) is 0. The number of rotatable bonds is 3. The van der Waals surface area contributed by atoms with E-state index in [9.17, 15) is 13.2 Å². The Hall–Kier alpha value is -0.380. The Morgan fingerprint density at radius 1 is 1.21 bits per heavy atom. The Balaban J connectivity index is 2.51. The lowest BCUT2D eigenvalue weighted by atomic mass is 9.85. The molecule has 0 amide bonds. The molecule has 0 atom stereocenters. The summed E-state index contributed by atoms with van der Waals surface area (Å²) in [6.45, 7) is 1.87. The summed E-state index contributed by atoms with van der Waals surface area (Å²) in [5.74, 6) is 0.412. The van der Waals surface area contributed by atoms with E-state index in [2.05, 4.69) is 0 Å². The Kier molecular flexibility index (Phi) is 3.70. The molecule has 1 fully saturated rings. The fraction of sp³-hybridized carbons (Fsp3) is 0.900. The van der Waals surface area contributed by atoms with Gasteiger partial charge in [0.25, 0.3) is 0 Å². The Labute approximate surface area is 85.8 Å². The first-order chi connectivity index (χ1) is 6.45. The summed E-state index contributed by atoms with van der Waals surface area (Å²) in [4.78, 5) is 11.4. The fourth-order valence-electron chi connectivity index (χ4n) is 2.10. The zero-order valence-electron chi connectivity index (χ0n) is 8.82. The molecule has 3 nitrogen and oxygen atoms in total. The number of ketones is 1. The van der Waals surface area contributed by atoms with Gasteiger partial charge >= 0.3 is 0 Å². The van der Waals surface area contributed by atoms with Crippen LogP contribution in [-0.2, 0) is 14.6 Å². The average molecular weight is 218 g/mol. The molecule has 0 aliphatic heterocycles. The third-order valence-corrected chi connectivity index (χ3v) is 4.77. The van der Waals surface area contributed by atoms with E-state index >= 15 is 0 Å². The van der Waals surface area contributed by atoms with Crippen LogP contribution >= 0.6 is 0 Å². The predicted octanol–water partition coefficient (Wildman–Crippen LogP) is 1.57. The predicted molar refractivity (Wildman–Crippen MR) is 55.9 cm³/mol. The van der Waals surface area contributed by atoms with Crippen molar-refractivity contribution in [3.63, 3.8) is 0 Å². The average Bonchev–Trinajstić information content (AvgIpc) is 2.15. The van der Waals surface area contributed by atoms with Gasteiger partial charge in [-0.2, -0.15) is 0 Å². The molecule has 0 aromatic rings. The topological polar surface area (TPSA) is 51.2 Å². The highest BCUT2D eigenvalue weighted by Crippen LogP contribution is 2.29. The van der Waals surface area contributed by atoms with Crippen LogP contribution in [0.3, 0.4) is 0 Å². The number of hydrogen-bond acceptors (Lipinski definition) is 3. The van der Waals surface area contributed by atoms with Gasteiger partial charge in [-0.25, -0.2) is 8.42 Å². The lowest BCUT2D eigenvalue weighted by molar-refractivity contribution is -0.123. The number of Topliss-reactive ketones (excluding diaryl/α,β-unsaturated/α-hetero) is 1. The van der Waals surface area contributed by atoms with Gasteiger partial charge in [0.05, 0.1) is 5.25 Å². The van der Waals surface area contributed by atoms with Crippen LogP contribution in [0.4, 0.5) is 0 Å². The van der Waals surface area contributed by atoms with E-state index in [0.717, 1.165) is 12.8 Å². The molecule has 82 valence electrons. The third-order valence-electron chi connectivity index (χ3n) is 3.08. The molecule has 1 rings (SSSR count). The molecule has 0 aromatic heterocycles. The van der Waals surface area contributed by atoms with Gasteiger partial charge in [-0.3, -0.25) is 4.79 Å². The summed E-state index contributed by atoms with van der Waals surface area (Å²) in [6.07, 6.45) is 4.70. The summed E-state index contributed by atoms with van der Waals surface area (Å²) < 4.78 is 22.5. The highest BCUT2D eigenvalue weighted by atomic mass is 32.2. The largest absolute Gasteiger partial charge is 0.299 e. The van der Waals surface area contributed by atoms with Crippen LogP contribution in [0.1, 0.15) is 39.0 Å². The van der Waals surface area contributed by atoms with Gasteiger partial charge in [0, 0.05) is 18.6 Å². The Morgan fingerprint density at radius 2 is 1.71 bits per heavy atom. The van der Waals surface area contributed by atoms with Gasteiger partial charge < -0.3 is 0 Å². The van der Waals surface area contributed by atoms with E-state index < -0.39 is 9.84 Å². The van der Waals surface area contributed by atoms with E-state index in [4.69, 9.17) is 0 Å². The SMILES string of the molecule is CCC(=O)[C@H]1CC[C@H](S(C)(=O)=O)CC1. The van der Waals surface area contributed by atoms with Crippen LogP contribution in [0.2, 0.25) is 0 Å². The maximum atomic E-state index is 11.4. The second-order valence-corrected chi connectivity index (χ2v) is 6.45. The number of sulfone groups is 1. The van der Waals surface area contributed by atoms with Crippen molar-refractivity contribution in [3.05, 3.63) is 0 Å². The van der Waals surface area contributed by atoms with E-state index in [1.54, 1.807) is 0 Å². The van der Waals surface area contributed by atoms with Crippen molar-refractivity contribution in [2.45, 2.75) is 44.3 Å². The molecular formula is C10H18O3S. The molecule has 4 heteroatoms. The molecule has 1 aliphatic rings. The zero-order chi connectivity index (χ0) is 10.8. The van der Waals surface area contributed by atoms with Crippen LogP contribution in [0, 0.1) is 5.92 Å². The normalized spacial score (nSPS) is 28.7. The van der Waals surface area contributed by atoms with Crippen molar-refractivity contribution in [1.82, 2.24) is 0 Å². The number of carbonyl (C=O) groups excluding carboxylic acids is 1. The maximum absolute atomic E-state index is 11.4. The molecule has 1 saturated carbocycles. The van der Waals surface area contributed by atoms with Crippen molar-refractivity contribution in [1.29, 1.82) is 0 Å². The molecule has 0 aromatic carbocycles. The minimum Gasteiger partial charge on any atom is -0.299 e. The summed E-state index contributed by atoms with van der Waals surface area (Å²) in [5, 5.41) is -0.205. The molecule has 0 N–H and O–H groups in total. The molecular weight excluding hydrogens is 200 g/mol. The molecule has 0 spiro atoms. The lowest BCUT2D eigenvalue weighted by Gasteiger charge is -2.26. The summed E-state index contributed by atoms with van der Waals surface area (Å²) in [7, 11) is -2.89. The highest BCUT2D eigenvalue weighted by Gasteiger charge is 2.30. The second-order valence-electron chi connectivity index (χ2n) is 4.12. The van der Waals surface area contributed by atoms with Crippen molar-refractivity contribution < 1.29 is 13.2 Å². The summed E-state index contributed by atoms with van der Waals surface area (Å²) >= 11 is 0. The van der Waals surface area contributed by atoms with Crippen LogP contribution in [0.25, 0.3) is 0 Å². The van der Waals surface area contributed by atoms with Crippen molar-refractivity contribution >= 4 is 15.6 Å². The fourth-order valence-corrected chi connectivity index (χ4v) is 3.23. The Bertz CT molecular complexity index is 297. The molecule has 0 saturated heterocycles. The van der Waals surface area contributed by atoms with Crippen molar-refractivity contribution in [2.75, 3.05) is 6.26 Å². The molecule has 0 radical (unpaired) electrons. The molecule has 0 bridgehead atoms. The van der Waals surface area contributed by atoms with Gasteiger partial charge in [0.15, 0.2) is 0 Å². The first-order valence-electron chi connectivity index (χ1n) is 5.16. The standard InChI is InChI=1S/C10H18O3S/c1-3-10(11)8-4-6-9(7-5-8)14(2,12)13/h8-9H,3-7H2,1-2H3/t8-,9-. The molecule has 0 heterocycles. The quantitative estimate of drug-likeness (QED) is 0.722. The minimum atomic E-state index is -2.89.